The molecule has 2 aliphatic heterocycles. The highest BCUT2D eigenvalue weighted by molar-refractivity contribution is 7.99. The zero-order valence-electron chi connectivity index (χ0n) is 11.5. The van der Waals surface area contributed by atoms with Crippen molar-refractivity contribution in [1.29, 1.82) is 0 Å². The molecule has 20 heavy (non-hydrogen) atoms. The predicted octanol–water partition coefficient (Wildman–Crippen LogP) is 3.72. The highest BCUT2D eigenvalue weighted by Crippen LogP contribution is 2.39. The number of urea groups is 1. The van der Waals surface area contributed by atoms with Crippen LogP contribution in [-0.4, -0.2) is 34.5 Å². The second-order valence-corrected chi connectivity index (χ2v) is 6.70. The van der Waals surface area contributed by atoms with Gasteiger partial charge in [0.25, 0.3) is 0 Å². The highest BCUT2D eigenvalue weighted by atomic mass is 32.2. The van der Waals surface area contributed by atoms with Crippen LogP contribution in [0.1, 0.15) is 25.7 Å². The van der Waals surface area contributed by atoms with E-state index >= 15 is 0 Å². The highest BCUT2D eigenvalue weighted by Gasteiger charge is 2.42. The molecule has 0 aromatic heterocycles. The van der Waals surface area contributed by atoms with Gasteiger partial charge in [-0.3, -0.25) is 0 Å². The average Bonchev–Trinajstić information content (AvgIpc) is 2.72. The molecule has 0 radical (unpaired) electrons. The maximum Gasteiger partial charge on any atom is 0.322 e. The van der Waals surface area contributed by atoms with Crippen molar-refractivity contribution >= 4 is 23.5 Å². The summed E-state index contributed by atoms with van der Waals surface area (Å²) in [6, 6.07) is 6.63. The van der Waals surface area contributed by atoms with Gasteiger partial charge < -0.3 is 10.2 Å². The van der Waals surface area contributed by atoms with Crippen LogP contribution in [0.25, 0.3) is 0 Å². The van der Waals surface area contributed by atoms with Gasteiger partial charge in [0.1, 0.15) is 5.82 Å². The van der Waals surface area contributed by atoms with Gasteiger partial charge in [-0.2, -0.15) is 11.8 Å². The molecule has 2 saturated heterocycles. The minimum atomic E-state index is -0.288. The maximum atomic E-state index is 12.9. The molecule has 3 atom stereocenters. The summed E-state index contributed by atoms with van der Waals surface area (Å²) in [5.41, 5.74) is 0.655. The second-order valence-electron chi connectivity index (χ2n) is 5.56. The van der Waals surface area contributed by atoms with Crippen LogP contribution in [0.5, 0.6) is 0 Å². The van der Waals surface area contributed by atoms with E-state index in [1.54, 1.807) is 12.1 Å². The van der Waals surface area contributed by atoms with Crippen molar-refractivity contribution in [1.82, 2.24) is 4.90 Å². The van der Waals surface area contributed by atoms with Gasteiger partial charge in [0.15, 0.2) is 0 Å². The van der Waals surface area contributed by atoms with Gasteiger partial charge in [-0.05, 0) is 56.2 Å². The Morgan fingerprint density at radius 3 is 2.40 bits per heavy atom. The minimum absolute atomic E-state index is 0.0383. The number of hydrogen-bond donors (Lipinski definition) is 1. The molecule has 2 heterocycles. The fraction of sp³-hybridized carbons (Fsp3) is 0.533. The number of piperidine rings is 1. The minimum Gasteiger partial charge on any atom is -0.318 e. The Morgan fingerprint density at radius 1 is 1.25 bits per heavy atom. The largest absolute Gasteiger partial charge is 0.322 e. The summed E-state index contributed by atoms with van der Waals surface area (Å²) in [6.45, 7) is 0. The molecule has 2 aliphatic rings. The Hall–Kier alpha value is -1.23. The molecule has 2 fully saturated rings. The third-order valence-corrected chi connectivity index (χ3v) is 5.40. The van der Waals surface area contributed by atoms with Gasteiger partial charge in [0.05, 0.1) is 0 Å². The summed E-state index contributed by atoms with van der Waals surface area (Å²) < 4.78 is 12.9. The molecule has 2 bridgehead atoms. The number of anilines is 1. The van der Waals surface area contributed by atoms with Crippen molar-refractivity contribution < 1.29 is 9.18 Å². The SMILES string of the molecule is CSC1C[C@H]2CC[C@@H](C1)N2C(=O)Nc1ccc(F)cc1. The summed E-state index contributed by atoms with van der Waals surface area (Å²) in [7, 11) is 0. The molecule has 1 aromatic rings. The van der Waals surface area contributed by atoms with E-state index in [1.165, 1.54) is 12.1 Å². The van der Waals surface area contributed by atoms with Gasteiger partial charge in [0, 0.05) is 23.0 Å². The summed E-state index contributed by atoms with van der Waals surface area (Å²) in [5.74, 6) is -0.288. The summed E-state index contributed by atoms with van der Waals surface area (Å²) in [6.07, 6.45) is 6.55. The normalized spacial score (nSPS) is 28.5. The number of carbonyl (C=O) groups is 1. The van der Waals surface area contributed by atoms with E-state index in [2.05, 4.69) is 11.6 Å². The van der Waals surface area contributed by atoms with Crippen LogP contribution in [0, 0.1) is 5.82 Å². The molecule has 1 aromatic carbocycles. The van der Waals surface area contributed by atoms with Crippen LogP contribution in [0.4, 0.5) is 14.9 Å². The second kappa shape index (κ2) is 5.64. The lowest BCUT2D eigenvalue weighted by Gasteiger charge is -2.38. The number of rotatable bonds is 2. The number of nitrogens with one attached hydrogen (secondary N) is 1. The fourth-order valence-electron chi connectivity index (χ4n) is 3.37. The molecule has 0 spiro atoms. The lowest BCUT2D eigenvalue weighted by atomic mass is 10.0. The Morgan fingerprint density at radius 2 is 1.85 bits per heavy atom. The summed E-state index contributed by atoms with van der Waals surface area (Å²) in [4.78, 5) is 14.4. The average molecular weight is 294 g/mol. The lowest BCUT2D eigenvalue weighted by Crippen LogP contribution is -2.49. The zero-order valence-corrected chi connectivity index (χ0v) is 12.3. The Bertz CT molecular complexity index is 479. The number of amides is 2. The van der Waals surface area contributed by atoms with Gasteiger partial charge in [0.2, 0.25) is 0 Å². The van der Waals surface area contributed by atoms with E-state index < -0.39 is 0 Å². The number of carbonyl (C=O) groups excluding carboxylic acids is 1. The first-order chi connectivity index (χ1) is 9.67. The van der Waals surface area contributed by atoms with E-state index in [9.17, 15) is 9.18 Å². The van der Waals surface area contributed by atoms with Crippen LogP contribution in [0.2, 0.25) is 0 Å². The van der Waals surface area contributed by atoms with Gasteiger partial charge in [-0.25, -0.2) is 9.18 Å². The van der Waals surface area contributed by atoms with E-state index in [1.807, 2.05) is 16.7 Å². The number of thioether (sulfide) groups is 1. The smallest absolute Gasteiger partial charge is 0.318 e. The lowest BCUT2D eigenvalue weighted by molar-refractivity contribution is 0.161. The predicted molar refractivity (Wildman–Crippen MR) is 80.6 cm³/mol. The van der Waals surface area contributed by atoms with Crippen LogP contribution in [0.3, 0.4) is 0 Å². The standard InChI is InChI=1S/C15H19FN2OS/c1-20-14-8-12-6-7-13(9-14)18(12)15(19)17-11-4-2-10(16)3-5-11/h2-5,12-14H,6-9H2,1H3,(H,17,19)/t12-,13+,14?. The Balaban J connectivity index is 1.67. The molecular weight excluding hydrogens is 275 g/mol. The summed E-state index contributed by atoms with van der Waals surface area (Å²) >= 11 is 1.91. The fourth-order valence-corrected chi connectivity index (χ4v) is 4.20. The molecule has 1 N–H and O–H groups in total. The number of nitrogens with zero attached hydrogens (tertiary/aromatic N) is 1. The maximum absolute atomic E-state index is 12.9. The third kappa shape index (κ3) is 2.64. The number of benzene rings is 1. The number of halogens is 1. The first-order valence-electron chi connectivity index (χ1n) is 7.05. The third-order valence-electron chi connectivity index (χ3n) is 4.35. The molecule has 1 unspecified atom stereocenters. The van der Waals surface area contributed by atoms with Crippen molar-refractivity contribution in [2.24, 2.45) is 0 Å². The number of hydrogen-bond acceptors (Lipinski definition) is 2. The molecule has 0 aliphatic carbocycles. The monoisotopic (exact) mass is 294 g/mol. The molecule has 2 amide bonds. The first kappa shape index (κ1) is 13.7. The van der Waals surface area contributed by atoms with Crippen LogP contribution in [0.15, 0.2) is 24.3 Å². The summed E-state index contributed by atoms with van der Waals surface area (Å²) in [5, 5.41) is 3.57. The molecule has 108 valence electrons. The van der Waals surface area contributed by atoms with E-state index in [0.717, 1.165) is 25.7 Å². The zero-order chi connectivity index (χ0) is 14.1. The molecule has 3 nitrogen and oxygen atoms in total. The van der Waals surface area contributed by atoms with Crippen molar-refractivity contribution in [3.05, 3.63) is 30.1 Å². The molecular formula is C15H19FN2OS. The van der Waals surface area contributed by atoms with Crippen LogP contribution < -0.4 is 5.32 Å². The molecule has 3 rings (SSSR count). The topological polar surface area (TPSA) is 32.3 Å². The van der Waals surface area contributed by atoms with Gasteiger partial charge in [-0.1, -0.05) is 0 Å². The van der Waals surface area contributed by atoms with Crippen molar-refractivity contribution in [2.75, 3.05) is 11.6 Å². The van der Waals surface area contributed by atoms with Crippen LogP contribution in [-0.2, 0) is 0 Å². The van der Waals surface area contributed by atoms with E-state index in [4.69, 9.17) is 0 Å². The van der Waals surface area contributed by atoms with Gasteiger partial charge in [-0.15, -0.1) is 0 Å². The van der Waals surface area contributed by atoms with Crippen molar-refractivity contribution in [3.8, 4) is 0 Å². The van der Waals surface area contributed by atoms with E-state index in [0.29, 0.717) is 23.0 Å². The van der Waals surface area contributed by atoms with Crippen molar-refractivity contribution in [2.45, 2.75) is 43.0 Å². The van der Waals surface area contributed by atoms with Crippen LogP contribution >= 0.6 is 11.8 Å². The van der Waals surface area contributed by atoms with Crippen molar-refractivity contribution in [3.63, 3.8) is 0 Å². The van der Waals surface area contributed by atoms with E-state index in [-0.39, 0.29) is 11.8 Å². The Kier molecular flexibility index (Phi) is 3.87. The first-order valence-corrected chi connectivity index (χ1v) is 8.34. The molecule has 0 saturated carbocycles. The number of fused-ring (bicyclic) bond motifs is 2. The quantitative estimate of drug-likeness (QED) is 0.901. The van der Waals surface area contributed by atoms with Gasteiger partial charge >= 0.3 is 6.03 Å². The molecule has 5 heteroatoms. The Labute approximate surface area is 122 Å².